The summed E-state index contributed by atoms with van der Waals surface area (Å²) in [5.41, 5.74) is 0. The minimum Gasteiger partial charge on any atom is -0.544 e. The summed E-state index contributed by atoms with van der Waals surface area (Å²) in [6, 6.07) is -0.733. The molecule has 0 aromatic rings. The lowest BCUT2D eigenvalue weighted by molar-refractivity contribution is -0.889. The second kappa shape index (κ2) is 34.1. The maximum absolute atomic E-state index is 12.6. The third kappa shape index (κ3) is 32.7. The van der Waals surface area contributed by atoms with Crippen LogP contribution in [-0.4, -0.2) is 75.5 Å². The number of carboxylic acids is 1. The number of hydrogen-bond acceptors (Lipinski definition) is 7. The molecule has 0 radical (unpaired) electrons. The molecule has 292 valence electrons. The molecule has 2 atom stereocenters. The highest BCUT2D eigenvalue weighted by Crippen LogP contribution is 2.13. The summed E-state index contributed by atoms with van der Waals surface area (Å²) >= 11 is 0. The van der Waals surface area contributed by atoms with E-state index in [2.05, 4.69) is 74.6 Å². The Bertz CT molecular complexity index is 1020. The maximum atomic E-state index is 12.6. The highest BCUT2D eigenvalue weighted by molar-refractivity contribution is 5.70. The number of esters is 2. The van der Waals surface area contributed by atoms with Gasteiger partial charge in [0.2, 0.25) is 0 Å². The molecule has 0 aromatic heterocycles. The number of allylic oxidation sites excluding steroid dienone is 10. The molecule has 0 spiro atoms. The average Bonchev–Trinajstić information content (AvgIpc) is 3.08. The predicted octanol–water partition coefficient (Wildman–Crippen LogP) is 8.91. The van der Waals surface area contributed by atoms with Gasteiger partial charge in [0.25, 0.3) is 0 Å². The van der Waals surface area contributed by atoms with E-state index in [1.54, 1.807) is 21.1 Å². The summed E-state index contributed by atoms with van der Waals surface area (Å²) in [7, 11) is 5.37. The minimum absolute atomic E-state index is 0.0218. The van der Waals surface area contributed by atoms with Crippen molar-refractivity contribution >= 4 is 17.9 Å². The summed E-state index contributed by atoms with van der Waals surface area (Å²) in [4.78, 5) is 36.6. The molecule has 0 heterocycles. The molecule has 0 rings (SSSR count). The van der Waals surface area contributed by atoms with Crippen LogP contribution in [0.4, 0.5) is 0 Å². The molecule has 51 heavy (non-hydrogen) atoms. The van der Waals surface area contributed by atoms with E-state index in [0.717, 1.165) is 57.8 Å². The largest absolute Gasteiger partial charge is 0.544 e. The quantitative estimate of drug-likeness (QED) is 0.0284. The fraction of sp³-hybridized carbons (Fsp3) is 0.698. The number of unbranched alkanes of at least 4 members (excludes halogenated alkanes) is 10. The van der Waals surface area contributed by atoms with E-state index >= 15 is 0 Å². The highest BCUT2D eigenvalue weighted by Gasteiger charge is 2.25. The number of rotatable bonds is 34. The van der Waals surface area contributed by atoms with Crippen LogP contribution < -0.4 is 5.11 Å². The van der Waals surface area contributed by atoms with Crippen LogP contribution in [0.3, 0.4) is 0 Å². The van der Waals surface area contributed by atoms with Crippen molar-refractivity contribution in [2.75, 3.05) is 41.0 Å². The van der Waals surface area contributed by atoms with Crippen LogP contribution in [0, 0.1) is 0 Å². The summed E-state index contributed by atoms with van der Waals surface area (Å²) in [5.74, 6) is -1.82. The predicted molar refractivity (Wildman–Crippen MR) is 208 cm³/mol. The molecule has 0 aliphatic rings. The summed E-state index contributed by atoms with van der Waals surface area (Å²) in [6.07, 6.45) is 39.7. The zero-order chi connectivity index (χ0) is 37.8. The number of ether oxygens (including phenoxy) is 3. The summed E-state index contributed by atoms with van der Waals surface area (Å²) in [5, 5.41) is 11.6. The fourth-order valence-corrected chi connectivity index (χ4v) is 5.34. The standard InChI is InChI=1S/C43H73NO7/c1-6-8-10-12-14-16-18-19-20-21-22-23-24-26-27-29-31-33-41(45)50-38-39(37-49-36-35-40(43(47)48)44(3,4)5)51-42(46)34-32-30-28-25-17-15-13-11-9-7-2/h8,10,14,16,19-20,22-23,26-27,39-40H,6-7,9,11-13,15,17-18,21,24-25,28-38H2,1-5H3/b10-8+,16-14+,20-19+,23-22+,27-26+. The van der Waals surface area contributed by atoms with Gasteiger partial charge >= 0.3 is 11.9 Å². The lowest BCUT2D eigenvalue weighted by Gasteiger charge is -2.34. The van der Waals surface area contributed by atoms with Crippen molar-refractivity contribution in [2.45, 2.75) is 154 Å². The van der Waals surface area contributed by atoms with Crippen LogP contribution in [0.15, 0.2) is 60.8 Å². The summed E-state index contributed by atoms with van der Waals surface area (Å²) < 4.78 is 17.0. The molecule has 0 amide bonds. The number of carboxylic acid groups (broad SMARTS) is 1. The van der Waals surface area contributed by atoms with Gasteiger partial charge in [-0.05, 0) is 51.4 Å². The molecule has 0 saturated carbocycles. The third-order valence-corrected chi connectivity index (χ3v) is 8.42. The Labute approximate surface area is 311 Å². The summed E-state index contributed by atoms with van der Waals surface area (Å²) in [6.45, 7) is 4.45. The van der Waals surface area contributed by atoms with Gasteiger partial charge in [-0.1, -0.05) is 132 Å². The van der Waals surface area contributed by atoms with Crippen LogP contribution in [0.25, 0.3) is 0 Å². The molecule has 0 aliphatic carbocycles. The molecule has 8 nitrogen and oxygen atoms in total. The fourth-order valence-electron chi connectivity index (χ4n) is 5.34. The minimum atomic E-state index is -1.14. The van der Waals surface area contributed by atoms with E-state index in [1.807, 2.05) is 0 Å². The number of nitrogens with zero attached hydrogens (tertiary/aromatic N) is 1. The second-order valence-corrected chi connectivity index (χ2v) is 14.1. The third-order valence-electron chi connectivity index (χ3n) is 8.42. The van der Waals surface area contributed by atoms with Gasteiger partial charge in [0.05, 0.1) is 40.3 Å². The second-order valence-electron chi connectivity index (χ2n) is 14.1. The average molecular weight is 716 g/mol. The van der Waals surface area contributed by atoms with E-state index in [-0.39, 0.29) is 49.1 Å². The highest BCUT2D eigenvalue weighted by atomic mass is 16.6. The molecule has 0 N–H and O–H groups in total. The molecule has 0 aromatic carbocycles. The van der Waals surface area contributed by atoms with Crippen molar-refractivity contribution in [3.63, 3.8) is 0 Å². The van der Waals surface area contributed by atoms with Crippen molar-refractivity contribution < 1.29 is 38.2 Å². The normalized spacial score (nSPS) is 13.7. The van der Waals surface area contributed by atoms with Crippen molar-refractivity contribution in [1.82, 2.24) is 0 Å². The Hall–Kier alpha value is -2.97. The van der Waals surface area contributed by atoms with Crippen LogP contribution >= 0.6 is 0 Å². The van der Waals surface area contributed by atoms with E-state index in [1.165, 1.54) is 44.9 Å². The Morgan fingerprint density at radius 2 is 1.10 bits per heavy atom. The van der Waals surface area contributed by atoms with Gasteiger partial charge in [-0.2, -0.15) is 0 Å². The van der Waals surface area contributed by atoms with Gasteiger partial charge in [0.15, 0.2) is 6.10 Å². The SMILES string of the molecule is CC/C=C/C/C=C/C/C=C/C/C=C/C/C=C/CCCC(=O)OCC(COCCC(C(=O)[O-])[N+](C)(C)C)OC(=O)CCCCCCCCCCCC. The van der Waals surface area contributed by atoms with Crippen molar-refractivity contribution in [3.05, 3.63) is 60.8 Å². The van der Waals surface area contributed by atoms with Gasteiger partial charge < -0.3 is 28.6 Å². The van der Waals surface area contributed by atoms with Crippen LogP contribution in [0.5, 0.6) is 0 Å². The molecule has 8 heteroatoms. The Morgan fingerprint density at radius 3 is 1.61 bits per heavy atom. The van der Waals surface area contributed by atoms with E-state index in [0.29, 0.717) is 12.8 Å². The lowest BCUT2D eigenvalue weighted by Crippen LogP contribution is -2.55. The van der Waals surface area contributed by atoms with Gasteiger partial charge in [-0.15, -0.1) is 0 Å². The molecule has 0 saturated heterocycles. The molecule has 2 unspecified atom stereocenters. The first-order chi connectivity index (χ1) is 24.6. The van der Waals surface area contributed by atoms with E-state index in [9.17, 15) is 19.5 Å². The van der Waals surface area contributed by atoms with Gasteiger partial charge in [-0.25, -0.2) is 0 Å². The molecule has 0 fully saturated rings. The first-order valence-corrected chi connectivity index (χ1v) is 19.8. The van der Waals surface area contributed by atoms with Crippen molar-refractivity contribution in [3.8, 4) is 0 Å². The zero-order valence-electron chi connectivity index (χ0n) is 33.0. The van der Waals surface area contributed by atoms with E-state index < -0.39 is 18.1 Å². The molecular weight excluding hydrogens is 642 g/mol. The van der Waals surface area contributed by atoms with Crippen molar-refractivity contribution in [1.29, 1.82) is 0 Å². The van der Waals surface area contributed by atoms with E-state index in [4.69, 9.17) is 14.2 Å². The number of quaternary nitrogens is 1. The van der Waals surface area contributed by atoms with Crippen LogP contribution in [0.2, 0.25) is 0 Å². The van der Waals surface area contributed by atoms with Gasteiger partial charge in [-0.3, -0.25) is 9.59 Å². The first kappa shape index (κ1) is 48.0. The molecule has 0 aliphatic heterocycles. The molecule has 0 bridgehead atoms. The topological polar surface area (TPSA) is 102 Å². The zero-order valence-corrected chi connectivity index (χ0v) is 33.0. The number of hydrogen-bond donors (Lipinski definition) is 0. The van der Waals surface area contributed by atoms with Crippen molar-refractivity contribution in [2.24, 2.45) is 0 Å². The monoisotopic (exact) mass is 716 g/mol. The van der Waals surface area contributed by atoms with Crippen LogP contribution in [-0.2, 0) is 28.6 Å². The maximum Gasteiger partial charge on any atom is 0.306 e. The number of likely N-dealkylation sites (N-methyl/N-ethyl adjacent to an activating group) is 1. The number of carbonyl (C=O) groups is 3. The Morgan fingerprint density at radius 1 is 0.608 bits per heavy atom. The van der Waals surface area contributed by atoms with Gasteiger partial charge in [0, 0.05) is 19.3 Å². The Balaban J connectivity index is 4.48. The molecular formula is C43H73NO7. The van der Waals surface area contributed by atoms with Crippen LogP contribution in [0.1, 0.15) is 142 Å². The Kier molecular flexibility index (Phi) is 32.1. The van der Waals surface area contributed by atoms with Gasteiger partial charge in [0.1, 0.15) is 12.6 Å². The number of aliphatic carboxylic acids is 1. The number of carbonyl (C=O) groups excluding carboxylic acids is 3. The lowest BCUT2D eigenvalue weighted by atomic mass is 10.1. The first-order valence-electron chi connectivity index (χ1n) is 19.8. The smallest absolute Gasteiger partial charge is 0.306 e.